The Morgan fingerprint density at radius 1 is 1.56 bits per heavy atom. The third-order valence-corrected chi connectivity index (χ3v) is 4.04. The lowest BCUT2D eigenvalue weighted by atomic mass is 10.1. The number of nitriles is 1. The fourth-order valence-corrected chi connectivity index (χ4v) is 2.64. The Bertz CT molecular complexity index is 482. The van der Waals surface area contributed by atoms with Crippen LogP contribution in [0.2, 0.25) is 0 Å². The van der Waals surface area contributed by atoms with Gasteiger partial charge < -0.3 is 5.11 Å². The average Bonchev–Trinajstić information content (AvgIpc) is 2.28. The molecule has 96 valence electrons. The number of halogens is 1. The Morgan fingerprint density at radius 3 is 2.72 bits per heavy atom. The van der Waals surface area contributed by atoms with Crippen LogP contribution in [0.25, 0.3) is 0 Å². The van der Waals surface area contributed by atoms with Crippen molar-refractivity contribution in [2.75, 3.05) is 0 Å². The first-order valence-electron chi connectivity index (χ1n) is 5.48. The molecule has 18 heavy (non-hydrogen) atoms. The molecule has 1 N–H and O–H groups in total. The Labute approximate surface area is 110 Å². The monoisotopic (exact) mass is 267 g/mol. The van der Waals surface area contributed by atoms with E-state index in [0.717, 1.165) is 0 Å². The van der Waals surface area contributed by atoms with Crippen LogP contribution in [0.3, 0.4) is 0 Å². The summed E-state index contributed by atoms with van der Waals surface area (Å²) in [4.78, 5) is 11.0. The highest BCUT2D eigenvalue weighted by Gasteiger charge is 2.22. The smallest absolute Gasteiger partial charge is 0.316 e. The molecule has 1 unspecified atom stereocenters. The molecule has 0 aliphatic rings. The van der Waals surface area contributed by atoms with E-state index in [0.29, 0.717) is 16.9 Å². The fourth-order valence-electron chi connectivity index (χ4n) is 1.52. The first-order chi connectivity index (χ1) is 8.45. The summed E-state index contributed by atoms with van der Waals surface area (Å²) in [6.07, 6.45) is 0. The molecule has 0 saturated carbocycles. The maximum absolute atomic E-state index is 13.1. The van der Waals surface area contributed by atoms with E-state index in [-0.39, 0.29) is 5.92 Å². The van der Waals surface area contributed by atoms with E-state index in [4.69, 9.17) is 10.4 Å². The summed E-state index contributed by atoms with van der Waals surface area (Å²) >= 11 is 1.21. The van der Waals surface area contributed by atoms with Gasteiger partial charge in [-0.1, -0.05) is 13.8 Å². The van der Waals surface area contributed by atoms with Crippen LogP contribution < -0.4 is 0 Å². The molecular formula is C13H14FNO2S. The first kappa shape index (κ1) is 14.5. The van der Waals surface area contributed by atoms with Crippen LogP contribution in [0.15, 0.2) is 18.2 Å². The molecular weight excluding hydrogens is 253 g/mol. The minimum Gasteiger partial charge on any atom is -0.480 e. The SMILES string of the molecule is CC(C)C(SCc1cc(F)ccc1C#N)C(=O)O. The highest BCUT2D eigenvalue weighted by Crippen LogP contribution is 2.25. The Balaban J connectivity index is 2.82. The molecule has 3 nitrogen and oxygen atoms in total. The second-order valence-corrected chi connectivity index (χ2v) is 5.36. The molecule has 1 rings (SSSR count). The lowest BCUT2D eigenvalue weighted by molar-refractivity contribution is -0.137. The fraction of sp³-hybridized carbons (Fsp3) is 0.385. The standard InChI is InChI=1S/C13H14FNO2S/c1-8(2)12(13(16)17)18-7-10-5-11(14)4-3-9(10)6-15/h3-5,8,12H,7H2,1-2H3,(H,16,17). The number of benzene rings is 1. The van der Waals surface area contributed by atoms with Gasteiger partial charge in [0.25, 0.3) is 0 Å². The maximum atomic E-state index is 13.1. The van der Waals surface area contributed by atoms with Crippen LogP contribution in [-0.2, 0) is 10.5 Å². The topological polar surface area (TPSA) is 61.1 Å². The van der Waals surface area contributed by atoms with Gasteiger partial charge in [-0.2, -0.15) is 5.26 Å². The summed E-state index contributed by atoms with van der Waals surface area (Å²) in [7, 11) is 0. The minimum absolute atomic E-state index is 0.0217. The third-order valence-electron chi connectivity index (χ3n) is 2.46. The van der Waals surface area contributed by atoms with Crippen molar-refractivity contribution < 1.29 is 14.3 Å². The van der Waals surface area contributed by atoms with Gasteiger partial charge in [0.1, 0.15) is 11.1 Å². The number of carboxylic acids is 1. The number of nitrogens with zero attached hydrogens (tertiary/aromatic N) is 1. The molecule has 1 atom stereocenters. The summed E-state index contributed by atoms with van der Waals surface area (Å²) in [5, 5.41) is 17.4. The van der Waals surface area contributed by atoms with Crippen molar-refractivity contribution in [1.29, 1.82) is 5.26 Å². The van der Waals surface area contributed by atoms with Crippen LogP contribution in [0, 0.1) is 23.1 Å². The summed E-state index contributed by atoms with van der Waals surface area (Å²) in [5.74, 6) is -1.01. The molecule has 0 heterocycles. The molecule has 0 aliphatic heterocycles. The van der Waals surface area contributed by atoms with Gasteiger partial charge >= 0.3 is 5.97 Å². The molecule has 0 amide bonds. The zero-order valence-corrected chi connectivity index (χ0v) is 11.0. The van der Waals surface area contributed by atoms with Crippen molar-refractivity contribution in [1.82, 2.24) is 0 Å². The van der Waals surface area contributed by atoms with Gasteiger partial charge in [-0.05, 0) is 29.7 Å². The number of carbonyl (C=O) groups is 1. The van der Waals surface area contributed by atoms with Crippen LogP contribution in [0.4, 0.5) is 4.39 Å². The number of thioether (sulfide) groups is 1. The van der Waals surface area contributed by atoms with Gasteiger partial charge in [0.05, 0.1) is 11.6 Å². The van der Waals surface area contributed by atoms with E-state index in [2.05, 4.69) is 0 Å². The van der Waals surface area contributed by atoms with E-state index in [1.54, 1.807) is 0 Å². The van der Waals surface area contributed by atoms with Crippen molar-refractivity contribution in [3.8, 4) is 6.07 Å². The van der Waals surface area contributed by atoms with Crippen LogP contribution in [-0.4, -0.2) is 16.3 Å². The highest BCUT2D eigenvalue weighted by molar-refractivity contribution is 7.99. The predicted molar refractivity (Wildman–Crippen MR) is 68.7 cm³/mol. The zero-order valence-electron chi connectivity index (χ0n) is 10.2. The largest absolute Gasteiger partial charge is 0.480 e. The second-order valence-electron chi connectivity index (χ2n) is 4.23. The second kappa shape index (κ2) is 6.41. The van der Waals surface area contributed by atoms with Crippen molar-refractivity contribution in [2.24, 2.45) is 5.92 Å². The number of hydrogen-bond acceptors (Lipinski definition) is 3. The summed E-state index contributed by atoms with van der Waals surface area (Å²) in [6.45, 7) is 3.64. The maximum Gasteiger partial charge on any atom is 0.316 e. The molecule has 5 heteroatoms. The van der Waals surface area contributed by atoms with Gasteiger partial charge in [-0.25, -0.2) is 4.39 Å². The molecule has 0 aromatic heterocycles. The molecule has 0 radical (unpaired) electrons. The Kier molecular flexibility index (Phi) is 5.17. The average molecular weight is 267 g/mol. The lowest BCUT2D eigenvalue weighted by Gasteiger charge is -2.15. The predicted octanol–water partition coefficient (Wildman–Crippen LogP) is 3.04. The molecule has 1 aromatic rings. The minimum atomic E-state index is -0.884. The summed E-state index contributed by atoms with van der Waals surface area (Å²) < 4.78 is 13.1. The van der Waals surface area contributed by atoms with E-state index < -0.39 is 17.0 Å². The summed E-state index contributed by atoms with van der Waals surface area (Å²) in [6, 6.07) is 5.90. The first-order valence-corrected chi connectivity index (χ1v) is 6.53. The van der Waals surface area contributed by atoms with Gasteiger partial charge in [-0.15, -0.1) is 11.8 Å². The molecule has 0 fully saturated rings. The van der Waals surface area contributed by atoms with E-state index in [1.165, 1.54) is 30.0 Å². The third kappa shape index (κ3) is 3.74. The van der Waals surface area contributed by atoms with Crippen molar-refractivity contribution in [3.63, 3.8) is 0 Å². The van der Waals surface area contributed by atoms with Gasteiger partial charge in [0.15, 0.2) is 0 Å². The van der Waals surface area contributed by atoms with E-state index in [9.17, 15) is 9.18 Å². The normalized spacial score (nSPS) is 12.2. The van der Waals surface area contributed by atoms with Crippen LogP contribution in [0.1, 0.15) is 25.0 Å². The molecule has 0 spiro atoms. The van der Waals surface area contributed by atoms with Gasteiger partial charge in [0.2, 0.25) is 0 Å². The highest BCUT2D eigenvalue weighted by atomic mass is 32.2. The van der Waals surface area contributed by atoms with Crippen LogP contribution in [0.5, 0.6) is 0 Å². The van der Waals surface area contributed by atoms with E-state index in [1.807, 2.05) is 19.9 Å². The number of aliphatic carboxylic acids is 1. The van der Waals surface area contributed by atoms with Crippen molar-refractivity contribution >= 4 is 17.7 Å². The number of rotatable bonds is 5. The van der Waals surface area contributed by atoms with Gasteiger partial charge in [0, 0.05) is 5.75 Å². The van der Waals surface area contributed by atoms with Gasteiger partial charge in [-0.3, -0.25) is 4.79 Å². The lowest BCUT2D eigenvalue weighted by Crippen LogP contribution is -2.22. The quantitative estimate of drug-likeness (QED) is 0.890. The number of carboxylic acid groups (broad SMARTS) is 1. The van der Waals surface area contributed by atoms with Crippen molar-refractivity contribution in [2.45, 2.75) is 24.9 Å². The number of hydrogen-bond donors (Lipinski definition) is 1. The molecule has 0 bridgehead atoms. The Hall–Kier alpha value is -1.54. The molecule has 1 aromatic carbocycles. The van der Waals surface area contributed by atoms with Crippen LogP contribution >= 0.6 is 11.8 Å². The molecule has 0 saturated heterocycles. The zero-order chi connectivity index (χ0) is 13.7. The molecule has 0 aliphatic carbocycles. The van der Waals surface area contributed by atoms with E-state index >= 15 is 0 Å². The van der Waals surface area contributed by atoms with Crippen molar-refractivity contribution in [3.05, 3.63) is 35.1 Å². The Morgan fingerprint density at radius 2 is 2.22 bits per heavy atom. The summed E-state index contributed by atoms with van der Waals surface area (Å²) in [5.41, 5.74) is 0.922.